The highest BCUT2D eigenvalue weighted by atomic mass is 16.6. The van der Waals surface area contributed by atoms with Gasteiger partial charge in [0.1, 0.15) is 0 Å². The molecular weight excluding hydrogens is 278 g/mol. The number of esters is 1. The van der Waals surface area contributed by atoms with Crippen LogP contribution in [-0.4, -0.2) is 49.3 Å². The van der Waals surface area contributed by atoms with Crippen LogP contribution in [0.2, 0.25) is 0 Å². The van der Waals surface area contributed by atoms with Gasteiger partial charge in [-0.15, -0.1) is 0 Å². The van der Waals surface area contributed by atoms with E-state index in [1.807, 2.05) is 0 Å². The second kappa shape index (κ2) is 6.49. The average molecular weight is 295 g/mol. The minimum Gasteiger partial charge on any atom is -0.464 e. The highest BCUT2D eigenvalue weighted by molar-refractivity contribution is 5.88. The maximum atomic E-state index is 11.6. The number of hydrogen-bond donors (Lipinski definition) is 0. The van der Waals surface area contributed by atoms with Gasteiger partial charge in [0.25, 0.3) is 0 Å². The molecule has 8 heteroatoms. The smallest absolute Gasteiger partial charge is 0.356 e. The van der Waals surface area contributed by atoms with Crippen molar-refractivity contribution in [2.75, 3.05) is 32.3 Å². The van der Waals surface area contributed by atoms with E-state index in [0.29, 0.717) is 13.2 Å². The van der Waals surface area contributed by atoms with Crippen LogP contribution in [0.4, 0.5) is 11.5 Å². The molecule has 2 rings (SSSR count). The molecule has 0 spiro atoms. The van der Waals surface area contributed by atoms with Crippen LogP contribution in [-0.2, 0) is 9.47 Å². The molecule has 0 saturated carbocycles. The van der Waals surface area contributed by atoms with Crippen molar-refractivity contribution in [2.45, 2.75) is 18.9 Å². The molecule has 8 nitrogen and oxygen atoms in total. The summed E-state index contributed by atoms with van der Waals surface area (Å²) in [6.45, 7) is 1.22. The van der Waals surface area contributed by atoms with Gasteiger partial charge in [0.2, 0.25) is 5.82 Å². The summed E-state index contributed by atoms with van der Waals surface area (Å²) in [5, 5.41) is 11.2. The van der Waals surface area contributed by atoms with Crippen molar-refractivity contribution in [3.8, 4) is 0 Å². The van der Waals surface area contributed by atoms with E-state index >= 15 is 0 Å². The van der Waals surface area contributed by atoms with Crippen molar-refractivity contribution in [3.05, 3.63) is 27.9 Å². The normalized spacial score (nSPS) is 15.5. The minimum absolute atomic E-state index is 0.0528. The quantitative estimate of drug-likeness (QED) is 0.470. The average Bonchev–Trinajstić information content (AvgIpc) is 2.53. The highest BCUT2D eigenvalue weighted by Gasteiger charge is 2.27. The predicted molar refractivity (Wildman–Crippen MR) is 74.5 cm³/mol. The number of rotatable bonds is 4. The standard InChI is InChI=1S/C13H17N3O5/c1-15(9-5-7-21-8-6-9)12-11(16(18)19)4-3-10(14-12)13(17)20-2/h3-4,9H,5-8H2,1-2H3. The molecule has 1 fully saturated rings. The molecular formula is C13H17N3O5. The lowest BCUT2D eigenvalue weighted by Gasteiger charge is -2.31. The van der Waals surface area contributed by atoms with Crippen LogP contribution in [0.25, 0.3) is 0 Å². The molecule has 1 aromatic rings. The number of pyridine rings is 1. The Hall–Kier alpha value is -2.22. The second-order valence-electron chi connectivity index (χ2n) is 4.74. The molecule has 0 aromatic carbocycles. The summed E-state index contributed by atoms with van der Waals surface area (Å²) in [5.41, 5.74) is -0.0753. The third kappa shape index (κ3) is 3.27. The fourth-order valence-corrected chi connectivity index (χ4v) is 2.31. The predicted octanol–water partition coefficient (Wildman–Crippen LogP) is 1.39. The number of ether oxygens (including phenoxy) is 2. The zero-order valence-electron chi connectivity index (χ0n) is 11.9. The summed E-state index contributed by atoms with van der Waals surface area (Å²) in [4.78, 5) is 28.1. The first kappa shape index (κ1) is 15.2. The Kier molecular flexibility index (Phi) is 4.69. The number of anilines is 1. The topological polar surface area (TPSA) is 94.8 Å². The van der Waals surface area contributed by atoms with Crippen LogP contribution in [0.3, 0.4) is 0 Å². The molecule has 114 valence electrons. The van der Waals surface area contributed by atoms with Gasteiger partial charge in [0.15, 0.2) is 5.69 Å². The van der Waals surface area contributed by atoms with Crippen LogP contribution in [0.5, 0.6) is 0 Å². The molecule has 1 aromatic heterocycles. The van der Waals surface area contributed by atoms with E-state index in [1.54, 1.807) is 11.9 Å². The highest BCUT2D eigenvalue weighted by Crippen LogP contribution is 2.29. The van der Waals surface area contributed by atoms with Gasteiger partial charge < -0.3 is 14.4 Å². The number of nitro groups is 1. The summed E-state index contributed by atoms with van der Waals surface area (Å²) in [7, 11) is 2.99. The number of carbonyl (C=O) groups excluding carboxylic acids is 1. The van der Waals surface area contributed by atoms with Gasteiger partial charge in [-0.2, -0.15) is 0 Å². The lowest BCUT2D eigenvalue weighted by atomic mass is 10.1. The van der Waals surface area contributed by atoms with Gasteiger partial charge in [-0.25, -0.2) is 9.78 Å². The molecule has 21 heavy (non-hydrogen) atoms. The summed E-state index contributed by atoms with van der Waals surface area (Å²) in [5.74, 6) is -0.443. The Bertz CT molecular complexity index is 543. The fourth-order valence-electron chi connectivity index (χ4n) is 2.31. The number of aromatic nitrogens is 1. The van der Waals surface area contributed by atoms with Gasteiger partial charge in [-0.3, -0.25) is 10.1 Å². The first-order chi connectivity index (χ1) is 10.0. The maximum Gasteiger partial charge on any atom is 0.356 e. The Morgan fingerprint density at radius 2 is 2.14 bits per heavy atom. The van der Waals surface area contributed by atoms with Crippen LogP contribution >= 0.6 is 0 Å². The number of carbonyl (C=O) groups is 1. The van der Waals surface area contributed by atoms with E-state index in [4.69, 9.17) is 4.74 Å². The van der Waals surface area contributed by atoms with Crippen LogP contribution in [0.15, 0.2) is 12.1 Å². The van der Waals surface area contributed by atoms with Crippen molar-refractivity contribution in [2.24, 2.45) is 0 Å². The molecule has 0 radical (unpaired) electrons. The van der Waals surface area contributed by atoms with E-state index < -0.39 is 10.9 Å². The first-order valence-corrected chi connectivity index (χ1v) is 6.59. The molecule has 1 saturated heterocycles. The molecule has 2 heterocycles. The van der Waals surface area contributed by atoms with Crippen LogP contribution in [0.1, 0.15) is 23.3 Å². The SMILES string of the molecule is COC(=O)c1ccc([N+](=O)[O-])c(N(C)C2CCOCC2)n1. The van der Waals surface area contributed by atoms with Gasteiger partial charge in [0, 0.05) is 32.4 Å². The molecule has 1 aliphatic rings. The zero-order chi connectivity index (χ0) is 15.4. The van der Waals surface area contributed by atoms with Gasteiger partial charge >= 0.3 is 11.7 Å². The third-order valence-corrected chi connectivity index (χ3v) is 3.52. The fraction of sp³-hybridized carbons (Fsp3) is 0.538. The first-order valence-electron chi connectivity index (χ1n) is 6.59. The molecule has 0 N–H and O–H groups in total. The van der Waals surface area contributed by atoms with Crippen molar-refractivity contribution in [1.82, 2.24) is 4.98 Å². The third-order valence-electron chi connectivity index (χ3n) is 3.52. The van der Waals surface area contributed by atoms with Crippen LogP contribution in [0, 0.1) is 10.1 Å². The Labute approximate surface area is 121 Å². The summed E-state index contributed by atoms with van der Waals surface area (Å²) >= 11 is 0. The molecule has 0 unspecified atom stereocenters. The minimum atomic E-state index is -0.619. The molecule has 1 aliphatic heterocycles. The van der Waals surface area contributed by atoms with Gasteiger partial charge in [-0.1, -0.05) is 0 Å². The lowest BCUT2D eigenvalue weighted by molar-refractivity contribution is -0.384. The van der Waals surface area contributed by atoms with Crippen molar-refractivity contribution in [1.29, 1.82) is 0 Å². The number of methoxy groups -OCH3 is 1. The van der Waals surface area contributed by atoms with Crippen molar-refractivity contribution >= 4 is 17.5 Å². The molecule has 0 aliphatic carbocycles. The van der Waals surface area contributed by atoms with E-state index in [2.05, 4.69) is 9.72 Å². The largest absolute Gasteiger partial charge is 0.464 e. The Morgan fingerprint density at radius 1 is 1.48 bits per heavy atom. The summed E-state index contributed by atoms with van der Waals surface area (Å²) in [6.07, 6.45) is 1.52. The lowest BCUT2D eigenvalue weighted by Crippen LogP contribution is -2.37. The van der Waals surface area contributed by atoms with E-state index in [1.165, 1.54) is 19.2 Å². The Balaban J connectivity index is 2.37. The van der Waals surface area contributed by atoms with Gasteiger partial charge in [-0.05, 0) is 18.9 Å². The summed E-state index contributed by atoms with van der Waals surface area (Å²) < 4.78 is 9.89. The zero-order valence-corrected chi connectivity index (χ0v) is 11.9. The number of hydrogen-bond acceptors (Lipinski definition) is 7. The van der Waals surface area contributed by atoms with Gasteiger partial charge in [0.05, 0.1) is 12.0 Å². The van der Waals surface area contributed by atoms with E-state index in [-0.39, 0.29) is 23.2 Å². The molecule has 0 amide bonds. The second-order valence-corrected chi connectivity index (χ2v) is 4.74. The van der Waals surface area contributed by atoms with E-state index in [0.717, 1.165) is 12.8 Å². The number of nitrogens with zero attached hydrogens (tertiary/aromatic N) is 3. The van der Waals surface area contributed by atoms with E-state index in [9.17, 15) is 14.9 Å². The Morgan fingerprint density at radius 3 is 2.71 bits per heavy atom. The maximum absolute atomic E-state index is 11.6. The monoisotopic (exact) mass is 295 g/mol. The van der Waals surface area contributed by atoms with Crippen LogP contribution < -0.4 is 4.90 Å². The summed E-state index contributed by atoms with van der Waals surface area (Å²) in [6, 6.07) is 2.67. The van der Waals surface area contributed by atoms with Crippen molar-refractivity contribution < 1.29 is 19.2 Å². The molecule has 0 bridgehead atoms. The molecule has 0 atom stereocenters. The van der Waals surface area contributed by atoms with Crippen molar-refractivity contribution in [3.63, 3.8) is 0 Å².